The lowest BCUT2D eigenvalue weighted by Gasteiger charge is -2.15. The van der Waals surface area contributed by atoms with Crippen LogP contribution in [0.15, 0.2) is 67.3 Å². The smallest absolute Gasteiger partial charge is 0.273 e. The minimum absolute atomic E-state index is 0.0331. The zero-order valence-corrected chi connectivity index (χ0v) is 14.2. The Balaban J connectivity index is 1.65. The van der Waals surface area contributed by atoms with Crippen LogP contribution in [0.1, 0.15) is 24.1 Å². The first-order valence-electron chi connectivity index (χ1n) is 8.14. The molecule has 0 saturated carbocycles. The molecule has 3 rings (SSSR count). The number of carbonyl (C=O) groups excluding carboxylic acids is 1. The summed E-state index contributed by atoms with van der Waals surface area (Å²) in [5, 5.41) is 13.9. The van der Waals surface area contributed by atoms with Crippen LogP contribution in [0.5, 0.6) is 0 Å². The maximum absolute atomic E-state index is 12.3. The lowest BCUT2D eigenvalue weighted by atomic mass is 10.1. The standard InChI is InChI=1S/C19H18N4O3/c1-14(15-6-8-17(9-7-15)22-11-10-20-13-22)21-19(24)12-16-4-2-3-5-18(16)23(25)26/h2-11,13-14H,12H2,1H3,(H,21,24). The quantitative estimate of drug-likeness (QED) is 0.546. The van der Waals surface area contributed by atoms with Gasteiger partial charge < -0.3 is 9.88 Å². The van der Waals surface area contributed by atoms with Crippen molar-refractivity contribution in [1.82, 2.24) is 14.9 Å². The van der Waals surface area contributed by atoms with Crippen molar-refractivity contribution >= 4 is 11.6 Å². The van der Waals surface area contributed by atoms with Gasteiger partial charge in [0.25, 0.3) is 5.69 Å². The lowest BCUT2D eigenvalue weighted by molar-refractivity contribution is -0.385. The molecule has 1 heterocycles. The summed E-state index contributed by atoms with van der Waals surface area (Å²) in [5.41, 5.74) is 2.28. The molecule has 0 spiro atoms. The van der Waals surface area contributed by atoms with Crippen LogP contribution in [0.3, 0.4) is 0 Å². The van der Waals surface area contributed by atoms with Gasteiger partial charge in [-0.05, 0) is 24.6 Å². The normalized spacial score (nSPS) is 11.7. The predicted octanol–water partition coefficient (Wildman–Crippen LogP) is 3.20. The monoisotopic (exact) mass is 350 g/mol. The van der Waals surface area contributed by atoms with Gasteiger partial charge in [0, 0.05) is 29.7 Å². The van der Waals surface area contributed by atoms with Gasteiger partial charge in [0.2, 0.25) is 5.91 Å². The zero-order chi connectivity index (χ0) is 18.5. The SMILES string of the molecule is CC(NC(=O)Cc1ccccc1[N+](=O)[O-])c1ccc(-n2ccnc2)cc1. The van der Waals surface area contributed by atoms with Crippen LogP contribution in [0.25, 0.3) is 5.69 Å². The second-order valence-electron chi connectivity index (χ2n) is 5.91. The van der Waals surface area contributed by atoms with E-state index in [1.807, 2.05) is 42.0 Å². The van der Waals surface area contributed by atoms with Gasteiger partial charge in [0.05, 0.1) is 23.7 Å². The number of benzene rings is 2. The Kier molecular flexibility index (Phi) is 5.07. The third-order valence-electron chi connectivity index (χ3n) is 4.11. The molecule has 0 aliphatic heterocycles. The van der Waals surface area contributed by atoms with Crippen LogP contribution in [0.4, 0.5) is 5.69 Å². The second-order valence-corrected chi connectivity index (χ2v) is 5.91. The van der Waals surface area contributed by atoms with Gasteiger partial charge in [-0.2, -0.15) is 0 Å². The van der Waals surface area contributed by atoms with E-state index >= 15 is 0 Å². The summed E-state index contributed by atoms with van der Waals surface area (Å²) in [6.07, 6.45) is 5.24. The van der Waals surface area contributed by atoms with Crippen LogP contribution < -0.4 is 5.32 Å². The molecule has 0 aliphatic carbocycles. The number of nitrogens with one attached hydrogen (secondary N) is 1. The van der Waals surface area contributed by atoms with Crippen molar-refractivity contribution in [2.24, 2.45) is 0 Å². The van der Waals surface area contributed by atoms with E-state index in [0.717, 1.165) is 11.3 Å². The first kappa shape index (κ1) is 17.3. The summed E-state index contributed by atoms with van der Waals surface area (Å²) in [6, 6.07) is 13.8. The fraction of sp³-hybridized carbons (Fsp3) is 0.158. The van der Waals surface area contributed by atoms with Crippen molar-refractivity contribution in [2.45, 2.75) is 19.4 Å². The second kappa shape index (κ2) is 7.60. The highest BCUT2D eigenvalue weighted by Gasteiger charge is 2.17. The lowest BCUT2D eigenvalue weighted by Crippen LogP contribution is -2.28. The predicted molar refractivity (Wildman–Crippen MR) is 96.9 cm³/mol. The van der Waals surface area contributed by atoms with E-state index in [1.54, 1.807) is 30.7 Å². The number of nitrogens with zero attached hydrogens (tertiary/aromatic N) is 3. The number of aromatic nitrogens is 2. The largest absolute Gasteiger partial charge is 0.349 e. The fourth-order valence-electron chi connectivity index (χ4n) is 2.73. The van der Waals surface area contributed by atoms with Gasteiger partial charge in [-0.25, -0.2) is 4.98 Å². The number of amides is 1. The third-order valence-corrected chi connectivity index (χ3v) is 4.11. The van der Waals surface area contributed by atoms with Gasteiger partial charge >= 0.3 is 0 Å². The zero-order valence-electron chi connectivity index (χ0n) is 14.2. The molecule has 132 valence electrons. The third kappa shape index (κ3) is 3.94. The summed E-state index contributed by atoms with van der Waals surface area (Å²) in [4.78, 5) is 26.9. The fourth-order valence-corrected chi connectivity index (χ4v) is 2.73. The molecular weight excluding hydrogens is 332 g/mol. The Bertz CT molecular complexity index is 905. The number of carbonyl (C=O) groups is 1. The molecular formula is C19H18N4O3. The molecule has 1 N–H and O–H groups in total. The summed E-state index contributed by atoms with van der Waals surface area (Å²) in [6.45, 7) is 1.88. The molecule has 0 radical (unpaired) electrons. The van der Waals surface area contributed by atoms with E-state index < -0.39 is 4.92 Å². The molecule has 1 atom stereocenters. The van der Waals surface area contributed by atoms with E-state index in [-0.39, 0.29) is 24.1 Å². The van der Waals surface area contributed by atoms with E-state index in [2.05, 4.69) is 10.3 Å². The highest BCUT2D eigenvalue weighted by atomic mass is 16.6. The van der Waals surface area contributed by atoms with E-state index in [0.29, 0.717) is 5.56 Å². The molecule has 0 aliphatic rings. The molecule has 0 saturated heterocycles. The average Bonchev–Trinajstić information content (AvgIpc) is 3.16. The van der Waals surface area contributed by atoms with Crippen LogP contribution >= 0.6 is 0 Å². The number of hydrogen-bond acceptors (Lipinski definition) is 4. The van der Waals surface area contributed by atoms with Crippen LogP contribution in [0, 0.1) is 10.1 Å². The van der Waals surface area contributed by atoms with Gasteiger partial charge in [0.1, 0.15) is 0 Å². The van der Waals surface area contributed by atoms with Crippen LogP contribution in [-0.4, -0.2) is 20.4 Å². The molecule has 26 heavy (non-hydrogen) atoms. The maximum Gasteiger partial charge on any atom is 0.273 e. The molecule has 1 unspecified atom stereocenters. The van der Waals surface area contributed by atoms with E-state index in [4.69, 9.17) is 0 Å². The molecule has 0 bridgehead atoms. The number of hydrogen-bond donors (Lipinski definition) is 1. The number of nitro benzene ring substituents is 1. The van der Waals surface area contributed by atoms with Gasteiger partial charge in [0.15, 0.2) is 0 Å². The average molecular weight is 350 g/mol. The summed E-state index contributed by atoms with van der Waals surface area (Å²) < 4.78 is 1.89. The van der Waals surface area contributed by atoms with Crippen molar-refractivity contribution in [3.63, 3.8) is 0 Å². The summed E-state index contributed by atoms with van der Waals surface area (Å²) in [5.74, 6) is -0.259. The number of rotatable bonds is 6. The first-order valence-corrected chi connectivity index (χ1v) is 8.14. The van der Waals surface area contributed by atoms with Gasteiger partial charge in [-0.1, -0.05) is 30.3 Å². The minimum Gasteiger partial charge on any atom is -0.349 e. The van der Waals surface area contributed by atoms with E-state index in [1.165, 1.54) is 6.07 Å². The topological polar surface area (TPSA) is 90.1 Å². The Morgan fingerprint density at radius 2 is 1.96 bits per heavy atom. The number of nitro groups is 1. The number of para-hydroxylation sites is 1. The molecule has 7 nitrogen and oxygen atoms in total. The number of imidazole rings is 1. The highest BCUT2D eigenvalue weighted by Crippen LogP contribution is 2.19. The van der Waals surface area contributed by atoms with Crippen LogP contribution in [0.2, 0.25) is 0 Å². The Morgan fingerprint density at radius 1 is 1.23 bits per heavy atom. The highest BCUT2D eigenvalue weighted by molar-refractivity contribution is 5.80. The van der Waals surface area contributed by atoms with Crippen LogP contribution in [-0.2, 0) is 11.2 Å². The minimum atomic E-state index is -0.471. The van der Waals surface area contributed by atoms with Crippen molar-refractivity contribution in [1.29, 1.82) is 0 Å². The van der Waals surface area contributed by atoms with Gasteiger partial charge in [-0.3, -0.25) is 14.9 Å². The molecule has 7 heteroatoms. The van der Waals surface area contributed by atoms with E-state index in [9.17, 15) is 14.9 Å². The van der Waals surface area contributed by atoms with Crippen molar-refractivity contribution in [2.75, 3.05) is 0 Å². The molecule has 3 aromatic rings. The van der Waals surface area contributed by atoms with Crippen molar-refractivity contribution in [3.8, 4) is 5.69 Å². The summed E-state index contributed by atoms with van der Waals surface area (Å²) >= 11 is 0. The summed E-state index contributed by atoms with van der Waals surface area (Å²) in [7, 11) is 0. The Hall–Kier alpha value is -3.48. The van der Waals surface area contributed by atoms with Crippen molar-refractivity contribution < 1.29 is 9.72 Å². The molecule has 0 fully saturated rings. The maximum atomic E-state index is 12.3. The molecule has 2 aromatic carbocycles. The van der Waals surface area contributed by atoms with Crippen molar-refractivity contribution in [3.05, 3.63) is 88.5 Å². The Labute approximate surface area is 150 Å². The molecule has 1 amide bonds. The Morgan fingerprint density at radius 3 is 2.62 bits per heavy atom. The molecule has 1 aromatic heterocycles. The van der Waals surface area contributed by atoms with Gasteiger partial charge in [-0.15, -0.1) is 0 Å². The first-order chi connectivity index (χ1) is 12.5.